The van der Waals surface area contributed by atoms with Crippen molar-refractivity contribution in [1.29, 1.82) is 0 Å². The Bertz CT molecular complexity index is 1180. The van der Waals surface area contributed by atoms with Crippen LogP contribution in [0.2, 0.25) is 0 Å². The minimum absolute atomic E-state index is 0.00288. The van der Waals surface area contributed by atoms with Crippen molar-refractivity contribution in [3.8, 4) is 17.2 Å². The first-order valence-electron chi connectivity index (χ1n) is 12.7. The SMILES string of the molecule is CCOC(=O)CN=Cc1c(O)cc(OC)cc1OCC(=O)Nc1cc(C2CCC(OC(=O)NC(C)C)C2)[nH]n1. The van der Waals surface area contributed by atoms with Gasteiger partial charge in [-0.05, 0) is 40.0 Å². The summed E-state index contributed by atoms with van der Waals surface area (Å²) < 4.78 is 21.1. The fourth-order valence-electron chi connectivity index (χ4n) is 4.06. The van der Waals surface area contributed by atoms with E-state index in [2.05, 4.69) is 25.8 Å². The number of nitrogens with one attached hydrogen (secondary N) is 3. The summed E-state index contributed by atoms with van der Waals surface area (Å²) in [6, 6.07) is 4.59. The lowest BCUT2D eigenvalue weighted by molar-refractivity contribution is -0.141. The number of esters is 1. The molecule has 0 bridgehead atoms. The molecule has 2 aromatic rings. The Kier molecular flexibility index (Phi) is 10.5. The topological polar surface area (TPSA) is 173 Å². The molecule has 4 N–H and O–H groups in total. The van der Waals surface area contributed by atoms with Crippen molar-refractivity contribution in [2.45, 2.75) is 58.1 Å². The van der Waals surface area contributed by atoms with E-state index in [9.17, 15) is 19.5 Å². The number of aromatic hydroxyl groups is 1. The number of aromatic amines is 1. The number of anilines is 1. The molecule has 2 unspecified atom stereocenters. The number of H-pyrrole nitrogens is 1. The average Bonchev–Trinajstić information content (AvgIpc) is 3.53. The van der Waals surface area contributed by atoms with Gasteiger partial charge in [-0.3, -0.25) is 19.7 Å². The summed E-state index contributed by atoms with van der Waals surface area (Å²) in [5, 5.41) is 22.8. The van der Waals surface area contributed by atoms with E-state index < -0.39 is 24.6 Å². The zero-order valence-electron chi connectivity index (χ0n) is 22.5. The number of alkyl carbamates (subject to hydrolysis) is 1. The summed E-state index contributed by atoms with van der Waals surface area (Å²) in [7, 11) is 1.42. The molecule has 1 saturated carbocycles. The molecule has 1 aromatic heterocycles. The average molecular weight is 546 g/mol. The van der Waals surface area contributed by atoms with E-state index >= 15 is 0 Å². The number of benzene rings is 1. The molecule has 1 aliphatic rings. The van der Waals surface area contributed by atoms with Crippen LogP contribution in [0.1, 0.15) is 57.2 Å². The number of aromatic nitrogens is 2. The second kappa shape index (κ2) is 14.0. The minimum atomic E-state index is -0.515. The molecule has 0 spiro atoms. The first-order chi connectivity index (χ1) is 18.7. The van der Waals surface area contributed by atoms with Gasteiger partial charge in [0, 0.05) is 42.1 Å². The molecule has 212 valence electrons. The number of aliphatic imine (C=N–C) groups is 1. The summed E-state index contributed by atoms with van der Waals surface area (Å²) in [6.07, 6.45) is 2.87. The molecule has 1 aliphatic carbocycles. The molecule has 13 nitrogen and oxygen atoms in total. The van der Waals surface area contributed by atoms with Crippen LogP contribution in [0, 0.1) is 0 Å². The lowest BCUT2D eigenvalue weighted by Gasteiger charge is -2.14. The maximum absolute atomic E-state index is 12.6. The number of hydrogen-bond acceptors (Lipinski definition) is 10. The van der Waals surface area contributed by atoms with Gasteiger partial charge in [-0.1, -0.05) is 0 Å². The second-order valence-electron chi connectivity index (χ2n) is 9.21. The number of phenolic OH excluding ortho intramolecular Hbond substituents is 1. The van der Waals surface area contributed by atoms with Crippen LogP contribution in [0.5, 0.6) is 17.2 Å². The van der Waals surface area contributed by atoms with Gasteiger partial charge in [0.15, 0.2) is 12.4 Å². The summed E-state index contributed by atoms with van der Waals surface area (Å²) >= 11 is 0. The Morgan fingerprint density at radius 2 is 2.05 bits per heavy atom. The Hall–Kier alpha value is -4.29. The number of carbonyl (C=O) groups excluding carboxylic acids is 3. The van der Waals surface area contributed by atoms with E-state index in [4.69, 9.17) is 18.9 Å². The summed E-state index contributed by atoms with van der Waals surface area (Å²) in [5.74, 6) is -0.312. The number of ether oxygens (including phenoxy) is 4. The quantitative estimate of drug-likeness (QED) is 0.231. The number of carbonyl (C=O) groups is 3. The van der Waals surface area contributed by atoms with Crippen LogP contribution in [0.3, 0.4) is 0 Å². The highest BCUT2D eigenvalue weighted by molar-refractivity contribution is 5.92. The van der Waals surface area contributed by atoms with E-state index in [0.29, 0.717) is 18.0 Å². The van der Waals surface area contributed by atoms with Gasteiger partial charge in [-0.15, -0.1) is 0 Å². The maximum Gasteiger partial charge on any atom is 0.407 e. The summed E-state index contributed by atoms with van der Waals surface area (Å²) in [4.78, 5) is 39.9. The highest BCUT2D eigenvalue weighted by atomic mass is 16.6. The molecule has 3 rings (SSSR count). The van der Waals surface area contributed by atoms with Crippen LogP contribution >= 0.6 is 0 Å². The number of amides is 2. The Labute approximate surface area is 226 Å². The van der Waals surface area contributed by atoms with Crippen LogP contribution in [0.25, 0.3) is 0 Å². The lowest BCUT2D eigenvalue weighted by Crippen LogP contribution is -2.33. The van der Waals surface area contributed by atoms with Crippen molar-refractivity contribution in [1.82, 2.24) is 15.5 Å². The number of methoxy groups -OCH3 is 1. The molecule has 1 heterocycles. The fourth-order valence-corrected chi connectivity index (χ4v) is 4.06. The van der Waals surface area contributed by atoms with Crippen molar-refractivity contribution in [2.75, 3.05) is 32.2 Å². The third-order valence-corrected chi connectivity index (χ3v) is 5.80. The van der Waals surface area contributed by atoms with E-state index in [1.165, 1.54) is 25.5 Å². The fraction of sp³-hybridized carbons (Fsp3) is 0.500. The lowest BCUT2D eigenvalue weighted by atomic mass is 10.0. The largest absolute Gasteiger partial charge is 0.507 e. The van der Waals surface area contributed by atoms with Gasteiger partial charge in [0.1, 0.15) is 29.9 Å². The molecule has 0 radical (unpaired) electrons. The van der Waals surface area contributed by atoms with Gasteiger partial charge in [-0.2, -0.15) is 5.10 Å². The Balaban J connectivity index is 1.56. The van der Waals surface area contributed by atoms with E-state index in [1.54, 1.807) is 13.0 Å². The molecule has 2 amide bonds. The molecular weight excluding hydrogens is 510 g/mol. The van der Waals surface area contributed by atoms with Gasteiger partial charge in [0.2, 0.25) is 0 Å². The number of phenols is 1. The summed E-state index contributed by atoms with van der Waals surface area (Å²) in [6.45, 7) is 5.03. The third-order valence-electron chi connectivity index (χ3n) is 5.80. The van der Waals surface area contributed by atoms with Crippen molar-refractivity contribution < 1.29 is 38.4 Å². The van der Waals surface area contributed by atoms with Crippen molar-refractivity contribution in [3.05, 3.63) is 29.5 Å². The number of nitrogens with zero attached hydrogens (tertiary/aromatic N) is 2. The standard InChI is InChI=1S/C26H35N5O8/c1-5-37-25(34)13-27-12-19-21(32)9-18(36-4)10-22(19)38-14-24(33)29-23-11-20(30-31-23)16-6-7-17(8-16)39-26(35)28-15(2)3/h9-12,15-17,32H,5-8,13-14H2,1-4H3,(H,28,35)(H2,29,30,31,33). The third kappa shape index (κ3) is 8.90. The maximum atomic E-state index is 12.6. The predicted octanol–water partition coefficient (Wildman–Crippen LogP) is 2.89. The molecular formula is C26H35N5O8. The normalized spacial score (nSPS) is 16.7. The van der Waals surface area contributed by atoms with Crippen LogP contribution in [0.15, 0.2) is 23.2 Å². The smallest absolute Gasteiger partial charge is 0.407 e. The first kappa shape index (κ1) is 29.3. The first-order valence-corrected chi connectivity index (χ1v) is 12.7. The zero-order valence-corrected chi connectivity index (χ0v) is 22.5. The van der Waals surface area contributed by atoms with E-state index in [1.807, 2.05) is 13.8 Å². The van der Waals surface area contributed by atoms with Crippen molar-refractivity contribution in [2.24, 2.45) is 4.99 Å². The molecule has 0 saturated heterocycles. The summed E-state index contributed by atoms with van der Waals surface area (Å²) in [5.41, 5.74) is 1.01. The van der Waals surface area contributed by atoms with Gasteiger partial charge >= 0.3 is 12.1 Å². The minimum Gasteiger partial charge on any atom is -0.507 e. The van der Waals surface area contributed by atoms with Crippen molar-refractivity contribution in [3.63, 3.8) is 0 Å². The number of rotatable bonds is 12. The second-order valence-corrected chi connectivity index (χ2v) is 9.21. The van der Waals surface area contributed by atoms with Crippen LogP contribution in [-0.4, -0.2) is 78.5 Å². The molecule has 39 heavy (non-hydrogen) atoms. The Morgan fingerprint density at radius 1 is 1.26 bits per heavy atom. The molecule has 1 aromatic carbocycles. The van der Waals surface area contributed by atoms with E-state index in [-0.39, 0.29) is 48.3 Å². The highest BCUT2D eigenvalue weighted by Crippen LogP contribution is 2.36. The van der Waals surface area contributed by atoms with Crippen molar-refractivity contribution >= 4 is 30.0 Å². The van der Waals surface area contributed by atoms with Crippen LogP contribution < -0.4 is 20.1 Å². The highest BCUT2D eigenvalue weighted by Gasteiger charge is 2.30. The van der Waals surface area contributed by atoms with Gasteiger partial charge < -0.3 is 34.7 Å². The van der Waals surface area contributed by atoms with Crippen LogP contribution in [-0.2, 0) is 19.1 Å². The van der Waals surface area contributed by atoms with Gasteiger partial charge in [0.25, 0.3) is 5.91 Å². The van der Waals surface area contributed by atoms with E-state index in [0.717, 1.165) is 18.5 Å². The Morgan fingerprint density at radius 3 is 2.77 bits per heavy atom. The molecule has 0 aliphatic heterocycles. The molecule has 13 heteroatoms. The van der Waals surface area contributed by atoms with Crippen LogP contribution in [0.4, 0.5) is 10.6 Å². The van der Waals surface area contributed by atoms with Gasteiger partial charge in [-0.25, -0.2) is 4.79 Å². The molecule has 2 atom stereocenters. The predicted molar refractivity (Wildman–Crippen MR) is 142 cm³/mol. The zero-order chi connectivity index (χ0) is 28.4. The monoisotopic (exact) mass is 545 g/mol. The number of hydrogen-bond donors (Lipinski definition) is 4. The molecule has 1 fully saturated rings. The van der Waals surface area contributed by atoms with Gasteiger partial charge in [0.05, 0.1) is 19.3 Å².